The molecule has 2 aromatic carbocycles. The van der Waals surface area contributed by atoms with E-state index in [0.717, 1.165) is 29.8 Å². The molecular weight excluding hydrogens is 404 g/mol. The number of carbonyl (C=O) groups excluding carboxylic acids is 2. The van der Waals surface area contributed by atoms with Crippen LogP contribution in [-0.4, -0.2) is 55.9 Å². The first-order valence-corrected chi connectivity index (χ1v) is 10.5. The number of amides is 1. The highest BCUT2D eigenvalue weighted by atomic mass is 16.5. The van der Waals surface area contributed by atoms with Crippen LogP contribution in [0.1, 0.15) is 34.0 Å². The van der Waals surface area contributed by atoms with E-state index in [1.807, 2.05) is 47.4 Å². The van der Waals surface area contributed by atoms with E-state index >= 15 is 0 Å². The molecule has 0 atom stereocenters. The third-order valence-corrected chi connectivity index (χ3v) is 5.40. The lowest BCUT2D eigenvalue weighted by atomic mass is 9.97. The SMILES string of the molecule is C#CCN=C(N)c1ccc(N(C)C(=O)c2ccc3c(c2)CN(CC(=O)OCC)CC3)cc1. The summed E-state index contributed by atoms with van der Waals surface area (Å²) in [5.41, 5.74) is 10.3. The zero-order chi connectivity index (χ0) is 23.1. The summed E-state index contributed by atoms with van der Waals surface area (Å²) >= 11 is 0. The Hall–Kier alpha value is -3.63. The van der Waals surface area contributed by atoms with Gasteiger partial charge in [-0.2, -0.15) is 0 Å². The third-order valence-electron chi connectivity index (χ3n) is 5.40. The van der Waals surface area contributed by atoms with Crippen LogP contribution >= 0.6 is 0 Å². The van der Waals surface area contributed by atoms with Crippen molar-refractivity contribution in [2.75, 3.05) is 38.2 Å². The zero-order valence-electron chi connectivity index (χ0n) is 18.5. The standard InChI is InChI=1S/C25H28N4O3/c1-4-13-27-24(26)19-8-10-22(11-9-19)28(3)25(31)20-7-6-18-12-14-29(16-21(18)15-20)17-23(30)32-5-2/h1,6-11,15H,5,12-14,16-17H2,2-3H3,(H2,26,27). The highest BCUT2D eigenvalue weighted by molar-refractivity contribution is 6.06. The Kier molecular flexibility index (Phi) is 7.63. The molecule has 2 aromatic rings. The van der Waals surface area contributed by atoms with Gasteiger partial charge in [0, 0.05) is 37.0 Å². The molecule has 166 valence electrons. The van der Waals surface area contributed by atoms with Gasteiger partial charge in [-0.25, -0.2) is 0 Å². The summed E-state index contributed by atoms with van der Waals surface area (Å²) in [7, 11) is 1.74. The first-order valence-electron chi connectivity index (χ1n) is 10.5. The molecule has 0 saturated heterocycles. The maximum absolute atomic E-state index is 13.1. The molecule has 0 fully saturated rings. The van der Waals surface area contributed by atoms with Gasteiger partial charge in [-0.1, -0.05) is 12.0 Å². The van der Waals surface area contributed by atoms with Crippen molar-refractivity contribution in [1.82, 2.24) is 4.90 Å². The quantitative estimate of drug-likeness (QED) is 0.314. The van der Waals surface area contributed by atoms with Gasteiger partial charge in [0.1, 0.15) is 12.4 Å². The largest absolute Gasteiger partial charge is 0.465 e. The molecule has 7 nitrogen and oxygen atoms in total. The predicted molar refractivity (Wildman–Crippen MR) is 126 cm³/mol. The first-order chi connectivity index (χ1) is 15.4. The average Bonchev–Trinajstić information content (AvgIpc) is 2.81. The topological polar surface area (TPSA) is 88.2 Å². The van der Waals surface area contributed by atoms with Crippen molar-refractivity contribution >= 4 is 23.4 Å². The summed E-state index contributed by atoms with van der Waals surface area (Å²) in [6, 6.07) is 13.1. The molecule has 0 aliphatic carbocycles. The lowest BCUT2D eigenvalue weighted by Crippen LogP contribution is -2.36. The van der Waals surface area contributed by atoms with Crippen molar-refractivity contribution in [3.05, 3.63) is 64.7 Å². The van der Waals surface area contributed by atoms with Gasteiger partial charge in [-0.3, -0.25) is 19.5 Å². The molecule has 0 aromatic heterocycles. The molecule has 1 aliphatic rings. The second-order valence-electron chi connectivity index (χ2n) is 7.57. The second kappa shape index (κ2) is 10.6. The van der Waals surface area contributed by atoms with Crippen LogP contribution < -0.4 is 10.6 Å². The van der Waals surface area contributed by atoms with Gasteiger partial charge >= 0.3 is 5.97 Å². The minimum Gasteiger partial charge on any atom is -0.465 e. The van der Waals surface area contributed by atoms with Crippen molar-refractivity contribution in [1.29, 1.82) is 0 Å². The van der Waals surface area contributed by atoms with E-state index in [1.54, 1.807) is 18.9 Å². The van der Waals surface area contributed by atoms with Gasteiger partial charge in [0.15, 0.2) is 0 Å². The van der Waals surface area contributed by atoms with Crippen molar-refractivity contribution in [2.24, 2.45) is 10.7 Å². The summed E-state index contributed by atoms with van der Waals surface area (Å²) in [6.45, 7) is 4.06. The normalized spacial score (nSPS) is 13.7. The zero-order valence-corrected chi connectivity index (χ0v) is 18.5. The van der Waals surface area contributed by atoms with E-state index in [2.05, 4.69) is 10.9 Å². The highest BCUT2D eigenvalue weighted by Crippen LogP contribution is 2.23. The van der Waals surface area contributed by atoms with E-state index < -0.39 is 0 Å². The van der Waals surface area contributed by atoms with Gasteiger partial charge in [0.05, 0.1) is 13.2 Å². The van der Waals surface area contributed by atoms with Gasteiger partial charge < -0.3 is 15.4 Å². The number of nitrogens with zero attached hydrogens (tertiary/aromatic N) is 3. The smallest absolute Gasteiger partial charge is 0.320 e. The van der Waals surface area contributed by atoms with Crippen LogP contribution in [-0.2, 0) is 22.5 Å². The Morgan fingerprint density at radius 3 is 2.59 bits per heavy atom. The van der Waals surface area contributed by atoms with E-state index in [-0.39, 0.29) is 25.0 Å². The summed E-state index contributed by atoms with van der Waals surface area (Å²) in [5, 5.41) is 0. The summed E-state index contributed by atoms with van der Waals surface area (Å²) in [5.74, 6) is 2.45. The number of benzene rings is 2. The molecule has 0 unspecified atom stereocenters. The summed E-state index contributed by atoms with van der Waals surface area (Å²) in [6.07, 6.45) is 6.05. The Morgan fingerprint density at radius 2 is 1.91 bits per heavy atom. The van der Waals surface area contributed by atoms with Gasteiger partial charge in [0.25, 0.3) is 5.91 Å². The number of amidine groups is 1. The monoisotopic (exact) mass is 432 g/mol. The number of rotatable bonds is 7. The first kappa shape index (κ1) is 23.0. The molecule has 0 saturated carbocycles. The molecule has 7 heteroatoms. The van der Waals surface area contributed by atoms with Crippen molar-refractivity contribution < 1.29 is 14.3 Å². The predicted octanol–water partition coefficient (Wildman–Crippen LogP) is 2.22. The maximum atomic E-state index is 13.1. The van der Waals surface area contributed by atoms with E-state index in [0.29, 0.717) is 24.6 Å². The van der Waals surface area contributed by atoms with Crippen molar-refractivity contribution in [3.63, 3.8) is 0 Å². The minimum absolute atomic E-state index is 0.114. The molecule has 0 radical (unpaired) electrons. The lowest BCUT2D eigenvalue weighted by Gasteiger charge is -2.28. The van der Waals surface area contributed by atoms with Crippen LogP contribution in [0.5, 0.6) is 0 Å². The maximum Gasteiger partial charge on any atom is 0.320 e. The molecule has 1 heterocycles. The fourth-order valence-electron chi connectivity index (χ4n) is 3.66. The number of ether oxygens (including phenoxy) is 1. The minimum atomic E-state index is -0.226. The van der Waals surface area contributed by atoms with E-state index in [4.69, 9.17) is 16.9 Å². The molecule has 3 rings (SSSR count). The number of esters is 1. The van der Waals surface area contributed by atoms with Crippen molar-refractivity contribution in [2.45, 2.75) is 19.9 Å². The lowest BCUT2D eigenvalue weighted by molar-refractivity contribution is -0.144. The van der Waals surface area contributed by atoms with Gasteiger partial charge in [0.2, 0.25) is 0 Å². The third kappa shape index (κ3) is 5.54. The second-order valence-corrected chi connectivity index (χ2v) is 7.57. The molecule has 1 aliphatic heterocycles. The number of anilines is 1. The highest BCUT2D eigenvalue weighted by Gasteiger charge is 2.21. The Bertz CT molecular complexity index is 1050. The van der Waals surface area contributed by atoms with Gasteiger partial charge in [-0.05, 0) is 60.9 Å². The fraction of sp³-hybridized carbons (Fsp3) is 0.320. The Balaban J connectivity index is 1.71. The number of nitrogens with two attached hydrogens (primary N) is 1. The number of hydrogen-bond donors (Lipinski definition) is 1. The van der Waals surface area contributed by atoms with Crippen LogP contribution in [0.4, 0.5) is 5.69 Å². The summed E-state index contributed by atoms with van der Waals surface area (Å²) in [4.78, 5) is 32.6. The summed E-state index contributed by atoms with van der Waals surface area (Å²) < 4.78 is 5.05. The fourth-order valence-corrected chi connectivity index (χ4v) is 3.66. The number of aliphatic imine (C=N–C) groups is 1. The van der Waals surface area contributed by atoms with E-state index in [9.17, 15) is 9.59 Å². The molecule has 1 amide bonds. The number of carbonyl (C=O) groups is 2. The Labute approximate surface area is 188 Å². The van der Waals surface area contributed by atoms with Crippen molar-refractivity contribution in [3.8, 4) is 12.3 Å². The average molecular weight is 433 g/mol. The number of hydrogen-bond acceptors (Lipinski definition) is 5. The van der Waals surface area contributed by atoms with E-state index in [1.165, 1.54) is 5.56 Å². The molecule has 0 bridgehead atoms. The molecule has 0 spiro atoms. The van der Waals surface area contributed by atoms with Crippen LogP contribution in [0.3, 0.4) is 0 Å². The van der Waals surface area contributed by atoms with Crippen LogP contribution in [0.15, 0.2) is 47.5 Å². The molecular formula is C25H28N4O3. The van der Waals surface area contributed by atoms with Crippen LogP contribution in [0.25, 0.3) is 0 Å². The molecule has 32 heavy (non-hydrogen) atoms. The van der Waals surface area contributed by atoms with Gasteiger partial charge in [-0.15, -0.1) is 6.42 Å². The Morgan fingerprint density at radius 1 is 1.19 bits per heavy atom. The number of terminal acetylenes is 1. The van der Waals surface area contributed by atoms with Crippen LogP contribution in [0, 0.1) is 12.3 Å². The number of fused-ring (bicyclic) bond motifs is 1. The molecule has 2 N–H and O–H groups in total. The van der Waals surface area contributed by atoms with Crippen LogP contribution in [0.2, 0.25) is 0 Å².